The fourth-order valence-electron chi connectivity index (χ4n) is 2.95. The van der Waals surface area contributed by atoms with E-state index in [1.165, 1.54) is 6.42 Å². The van der Waals surface area contributed by atoms with E-state index in [-0.39, 0.29) is 23.1 Å². The molecule has 0 aliphatic heterocycles. The monoisotopic (exact) mass is 450 g/mol. The number of halogens is 3. The number of carbonyl (C=O) groups is 1. The van der Waals surface area contributed by atoms with Crippen molar-refractivity contribution in [2.75, 3.05) is 12.4 Å². The minimum absolute atomic E-state index is 0.0925. The maximum absolute atomic E-state index is 13.5. The van der Waals surface area contributed by atoms with Crippen LogP contribution in [0.3, 0.4) is 0 Å². The van der Waals surface area contributed by atoms with Gasteiger partial charge in [0.15, 0.2) is 0 Å². The summed E-state index contributed by atoms with van der Waals surface area (Å²) in [6.07, 6.45) is 1.59. The Morgan fingerprint density at radius 2 is 1.81 bits per heavy atom. The second-order valence-corrected chi connectivity index (χ2v) is 7.95. The number of rotatable bonds is 11. The Balaban J connectivity index is 2.07. The molecule has 0 bridgehead atoms. The van der Waals surface area contributed by atoms with Gasteiger partial charge in [0.2, 0.25) is 0 Å². The Morgan fingerprint density at radius 3 is 2.45 bits per heavy atom. The zero-order valence-corrected chi connectivity index (χ0v) is 18.2. The average Bonchev–Trinajstić information content (AvgIpc) is 2.76. The van der Waals surface area contributed by atoms with Gasteiger partial charge >= 0.3 is 12.1 Å². The van der Waals surface area contributed by atoms with E-state index in [2.05, 4.69) is 11.9 Å². The summed E-state index contributed by atoms with van der Waals surface area (Å²) in [4.78, 5) is 16.2. The second kappa shape index (κ2) is 12.4. The van der Waals surface area contributed by atoms with E-state index in [1.807, 2.05) is 0 Å². The van der Waals surface area contributed by atoms with Crippen molar-refractivity contribution in [1.82, 2.24) is 4.98 Å². The van der Waals surface area contributed by atoms with E-state index in [0.717, 1.165) is 49.9 Å². The number of aromatic nitrogens is 1. The third kappa shape index (κ3) is 7.91. The Morgan fingerprint density at radius 1 is 1.13 bits per heavy atom. The molecular weight excluding hydrogens is 425 g/mol. The molecule has 1 heterocycles. The summed E-state index contributed by atoms with van der Waals surface area (Å²) in [6.45, 7) is 2.42. The summed E-state index contributed by atoms with van der Waals surface area (Å²) in [5, 5.41) is 9.20. The summed E-state index contributed by atoms with van der Waals surface area (Å²) < 4.78 is 45.8. The molecule has 0 radical (unpaired) electrons. The first-order chi connectivity index (χ1) is 14.9. The lowest BCUT2D eigenvalue weighted by atomic mass is 10.1. The number of hydrogen-bond acceptors (Lipinski definition) is 5. The molecule has 0 atom stereocenters. The predicted molar refractivity (Wildman–Crippen MR) is 114 cm³/mol. The highest BCUT2D eigenvalue weighted by molar-refractivity contribution is 7.99. The van der Waals surface area contributed by atoms with Crippen molar-refractivity contribution in [2.45, 2.75) is 56.7 Å². The minimum Gasteiger partial charge on any atom is -0.465 e. The molecule has 1 aromatic heterocycles. The summed E-state index contributed by atoms with van der Waals surface area (Å²) >= 11 is 0.786. The molecule has 0 N–H and O–H groups in total. The highest BCUT2D eigenvalue weighted by atomic mass is 32.2. The van der Waals surface area contributed by atoms with E-state index in [4.69, 9.17) is 4.74 Å². The average molecular weight is 451 g/mol. The number of ether oxygens (including phenoxy) is 1. The lowest BCUT2D eigenvalue weighted by molar-refractivity contribution is -0.140. The predicted octanol–water partition coefficient (Wildman–Crippen LogP) is 6.63. The van der Waals surface area contributed by atoms with E-state index in [1.54, 1.807) is 36.4 Å². The molecule has 0 aliphatic carbocycles. The molecule has 0 amide bonds. The third-order valence-electron chi connectivity index (χ3n) is 4.56. The van der Waals surface area contributed by atoms with Gasteiger partial charge in [-0.3, -0.25) is 4.79 Å². The van der Waals surface area contributed by atoms with Gasteiger partial charge < -0.3 is 4.74 Å². The number of unbranched alkanes of at least 4 members (excludes halogenated alkanes) is 5. The number of nitriles is 1. The molecular formula is C23H25F3N2O2S. The Hall–Kier alpha value is -2.53. The molecule has 0 saturated carbocycles. The first-order valence-electron chi connectivity index (χ1n) is 10.2. The minimum atomic E-state index is -4.72. The number of alkyl halides is 3. The van der Waals surface area contributed by atoms with Crippen LogP contribution in [0.5, 0.6) is 0 Å². The quantitative estimate of drug-likeness (QED) is 0.218. The number of esters is 1. The van der Waals surface area contributed by atoms with Crippen LogP contribution in [-0.4, -0.2) is 23.3 Å². The Bertz CT molecular complexity index is 896. The van der Waals surface area contributed by atoms with Crippen molar-refractivity contribution in [3.8, 4) is 17.3 Å². The molecule has 166 valence electrons. The van der Waals surface area contributed by atoms with Gasteiger partial charge in [-0.05, 0) is 12.5 Å². The molecule has 0 fully saturated rings. The molecule has 2 rings (SSSR count). The zero-order chi connectivity index (χ0) is 22.7. The lowest BCUT2D eigenvalue weighted by Crippen LogP contribution is -2.12. The fourth-order valence-corrected chi connectivity index (χ4v) is 3.75. The van der Waals surface area contributed by atoms with Gasteiger partial charge in [-0.1, -0.05) is 81.1 Å². The molecule has 0 unspecified atom stereocenters. The first-order valence-corrected chi connectivity index (χ1v) is 11.2. The van der Waals surface area contributed by atoms with Gasteiger partial charge in [-0.25, -0.2) is 4.98 Å². The number of carbonyl (C=O) groups excluding carboxylic acids is 1. The number of hydrogen-bond donors (Lipinski definition) is 0. The molecule has 4 nitrogen and oxygen atoms in total. The maximum Gasteiger partial charge on any atom is 0.417 e. The molecule has 2 aromatic rings. The first kappa shape index (κ1) is 24.7. The van der Waals surface area contributed by atoms with Crippen LogP contribution in [0.2, 0.25) is 0 Å². The molecule has 31 heavy (non-hydrogen) atoms. The van der Waals surface area contributed by atoms with Crippen molar-refractivity contribution in [3.63, 3.8) is 0 Å². The molecule has 0 spiro atoms. The van der Waals surface area contributed by atoms with Gasteiger partial charge in [0.25, 0.3) is 0 Å². The van der Waals surface area contributed by atoms with Gasteiger partial charge in [0.05, 0.1) is 29.2 Å². The fraction of sp³-hybridized carbons (Fsp3) is 0.435. The largest absolute Gasteiger partial charge is 0.465 e. The van der Waals surface area contributed by atoms with Crippen LogP contribution in [0.25, 0.3) is 11.3 Å². The molecule has 0 saturated heterocycles. The van der Waals surface area contributed by atoms with E-state index in [9.17, 15) is 23.2 Å². The Kier molecular flexibility index (Phi) is 9.86. The van der Waals surface area contributed by atoms with Gasteiger partial charge in [0, 0.05) is 5.56 Å². The summed E-state index contributed by atoms with van der Waals surface area (Å²) in [5.74, 6) is -0.754. The van der Waals surface area contributed by atoms with Gasteiger partial charge in [0.1, 0.15) is 11.1 Å². The highest BCUT2D eigenvalue weighted by Crippen LogP contribution is 2.37. The van der Waals surface area contributed by atoms with E-state index >= 15 is 0 Å². The van der Waals surface area contributed by atoms with E-state index in [0.29, 0.717) is 5.56 Å². The van der Waals surface area contributed by atoms with E-state index < -0.39 is 23.3 Å². The Labute approximate surface area is 184 Å². The number of pyridine rings is 1. The van der Waals surface area contributed by atoms with Gasteiger partial charge in [-0.2, -0.15) is 18.4 Å². The lowest BCUT2D eigenvalue weighted by Gasteiger charge is -2.14. The summed E-state index contributed by atoms with van der Waals surface area (Å²) in [7, 11) is 0. The highest BCUT2D eigenvalue weighted by Gasteiger charge is 2.36. The van der Waals surface area contributed by atoms with Crippen molar-refractivity contribution in [2.24, 2.45) is 0 Å². The van der Waals surface area contributed by atoms with Crippen molar-refractivity contribution >= 4 is 17.7 Å². The topological polar surface area (TPSA) is 63.0 Å². The number of thioether (sulfide) groups is 1. The van der Waals surface area contributed by atoms with Crippen LogP contribution in [0.1, 0.15) is 56.6 Å². The van der Waals surface area contributed by atoms with Crippen LogP contribution >= 0.6 is 11.8 Å². The van der Waals surface area contributed by atoms with Crippen LogP contribution in [0, 0.1) is 11.3 Å². The van der Waals surface area contributed by atoms with Crippen LogP contribution in [-0.2, 0) is 15.7 Å². The van der Waals surface area contributed by atoms with Gasteiger partial charge in [-0.15, -0.1) is 0 Å². The number of nitrogens with zero attached hydrogens (tertiary/aromatic N) is 2. The molecule has 1 aromatic carbocycles. The van der Waals surface area contributed by atoms with Crippen LogP contribution in [0.15, 0.2) is 41.4 Å². The zero-order valence-electron chi connectivity index (χ0n) is 17.4. The number of benzene rings is 1. The maximum atomic E-state index is 13.5. The molecule has 0 aliphatic rings. The van der Waals surface area contributed by atoms with Crippen molar-refractivity contribution in [1.29, 1.82) is 5.26 Å². The van der Waals surface area contributed by atoms with Crippen molar-refractivity contribution < 1.29 is 22.7 Å². The van der Waals surface area contributed by atoms with Crippen molar-refractivity contribution in [3.05, 3.63) is 47.5 Å². The second-order valence-electron chi connectivity index (χ2n) is 6.99. The van der Waals surface area contributed by atoms with Crippen LogP contribution in [0.4, 0.5) is 13.2 Å². The summed E-state index contributed by atoms with van der Waals surface area (Å²) in [5.41, 5.74) is -1.06. The normalized spacial score (nSPS) is 11.2. The summed E-state index contributed by atoms with van der Waals surface area (Å²) in [6, 6.07) is 10.9. The smallest absolute Gasteiger partial charge is 0.417 e. The SMILES string of the molecule is CCCCCCCCOC(=O)CSc1nc(-c2ccccc2)cc(C(F)(F)F)c1C#N. The van der Waals surface area contributed by atoms with Crippen LogP contribution < -0.4 is 0 Å². The third-order valence-corrected chi connectivity index (χ3v) is 5.51. The molecule has 8 heteroatoms. The standard InChI is InChI=1S/C23H25F3N2O2S/c1-2-3-4-5-6-10-13-30-21(29)16-31-22-18(15-27)19(23(24,25)26)14-20(28-22)17-11-8-7-9-12-17/h7-9,11-12,14H,2-6,10,13,16H2,1H3.